The molecule has 0 radical (unpaired) electrons. The summed E-state index contributed by atoms with van der Waals surface area (Å²) in [6.07, 6.45) is 4.83. The van der Waals surface area contributed by atoms with Gasteiger partial charge < -0.3 is 10.1 Å². The molecule has 61 heavy (non-hydrogen) atoms. The zero-order valence-corrected chi connectivity index (χ0v) is 36.1. The Balaban J connectivity index is 0.000000329. The zero-order chi connectivity index (χ0) is 44.6. The largest absolute Gasteiger partial charge is 0.379 e. The normalized spacial score (nSPS) is 14.4. The van der Waals surface area contributed by atoms with Crippen LogP contribution in [0.1, 0.15) is 46.0 Å². The molecule has 1 N–H and O–H groups in total. The summed E-state index contributed by atoms with van der Waals surface area (Å²) in [4.78, 5) is 77.4. The summed E-state index contributed by atoms with van der Waals surface area (Å²) in [5, 5.41) is 38.0. The number of morpholine rings is 1. The molecule has 0 bridgehead atoms. The van der Waals surface area contributed by atoms with Crippen LogP contribution in [0.4, 0.5) is 34.1 Å². The minimum atomic E-state index is -0.623. The summed E-state index contributed by atoms with van der Waals surface area (Å²) in [6.45, 7) is 9.14. The van der Waals surface area contributed by atoms with E-state index >= 15 is 0 Å². The number of nitro benzene ring substituents is 3. The Labute approximate surface area is 367 Å². The molecule has 0 spiro atoms. The lowest BCUT2D eigenvalue weighted by Gasteiger charge is -2.38. The average Bonchev–Trinajstić information content (AvgIpc) is 3.22. The maximum Gasteiger partial charge on any atom is 0.271 e. The number of carbonyl (C=O) groups is 3. The summed E-state index contributed by atoms with van der Waals surface area (Å²) < 4.78 is 5.37. The third-order valence-electron chi connectivity index (χ3n) is 9.57. The van der Waals surface area contributed by atoms with Crippen LogP contribution in [0.25, 0.3) is 0 Å². The number of non-ortho nitro benzene ring substituents is 3. The first-order valence-corrected chi connectivity index (χ1v) is 20.8. The van der Waals surface area contributed by atoms with Crippen LogP contribution in [0.2, 0.25) is 15.1 Å². The lowest BCUT2D eigenvalue weighted by atomic mass is 10.1. The molecule has 19 nitrogen and oxygen atoms in total. The number of hydrazine groups is 1. The fourth-order valence-electron chi connectivity index (χ4n) is 6.68. The monoisotopic (exact) mass is 907 g/mol. The van der Waals surface area contributed by atoms with Gasteiger partial charge in [-0.2, -0.15) is 0 Å². The summed E-state index contributed by atoms with van der Waals surface area (Å²) >= 11 is 18.9. The highest BCUT2D eigenvalue weighted by atomic mass is 35.5. The van der Waals surface area contributed by atoms with E-state index in [2.05, 4.69) is 24.1 Å². The summed E-state index contributed by atoms with van der Waals surface area (Å²) in [5.74, 6) is -1.26. The predicted molar refractivity (Wildman–Crippen MR) is 232 cm³/mol. The highest BCUT2D eigenvalue weighted by molar-refractivity contribution is 6.36. The molecule has 2 aliphatic rings. The lowest BCUT2D eigenvalue weighted by molar-refractivity contribution is -0.385. The summed E-state index contributed by atoms with van der Waals surface area (Å²) in [7, 11) is 0. The number of rotatable bonds is 16. The van der Waals surface area contributed by atoms with Gasteiger partial charge in [0.25, 0.3) is 28.9 Å². The van der Waals surface area contributed by atoms with Gasteiger partial charge in [0.05, 0.1) is 79.7 Å². The van der Waals surface area contributed by atoms with E-state index in [-0.39, 0.29) is 69.0 Å². The Morgan fingerprint density at radius 3 is 1.49 bits per heavy atom. The van der Waals surface area contributed by atoms with E-state index in [1.807, 2.05) is 9.80 Å². The number of halogens is 3. The van der Waals surface area contributed by atoms with Crippen molar-refractivity contribution in [3.05, 3.63) is 100 Å². The molecule has 2 fully saturated rings. The molecule has 330 valence electrons. The van der Waals surface area contributed by atoms with Crippen LogP contribution < -0.4 is 15.3 Å². The van der Waals surface area contributed by atoms with Crippen LogP contribution in [-0.2, 0) is 19.1 Å². The molecule has 0 aliphatic carbocycles. The van der Waals surface area contributed by atoms with Crippen molar-refractivity contribution < 1.29 is 33.9 Å². The SMILES string of the molecule is CCCN(CCC)CC(=O)Nc1ccc([N+](=O)[O-])cc1Cl.O=C(CN1CCCCC1)N(c1ccc([N+](=O)[O-])cc1Cl)N(C(=O)CN1CCOCC1)c1ccc([N+](=O)[O-])cc1Cl. The lowest BCUT2D eigenvalue weighted by Crippen LogP contribution is -2.57. The maximum atomic E-state index is 14.0. The van der Waals surface area contributed by atoms with Gasteiger partial charge in [-0.25, -0.2) is 10.0 Å². The minimum absolute atomic E-state index is 0.0203. The molecular formula is C39H48Cl3N9O10. The number of anilines is 3. The van der Waals surface area contributed by atoms with E-state index in [0.717, 1.165) is 67.3 Å². The summed E-state index contributed by atoms with van der Waals surface area (Å²) in [6, 6.07) is 11.1. The first kappa shape index (κ1) is 48.6. The molecule has 5 rings (SSSR count). The van der Waals surface area contributed by atoms with E-state index in [0.29, 0.717) is 45.1 Å². The minimum Gasteiger partial charge on any atom is -0.379 e. The van der Waals surface area contributed by atoms with E-state index in [4.69, 9.17) is 39.5 Å². The Hall–Kier alpha value is -5.02. The van der Waals surface area contributed by atoms with E-state index in [1.54, 1.807) is 0 Å². The number of carbonyl (C=O) groups excluding carboxylic acids is 3. The van der Waals surface area contributed by atoms with Gasteiger partial charge in [0, 0.05) is 49.5 Å². The van der Waals surface area contributed by atoms with Crippen molar-refractivity contribution in [1.82, 2.24) is 14.7 Å². The van der Waals surface area contributed by atoms with E-state index in [9.17, 15) is 44.7 Å². The van der Waals surface area contributed by atoms with Gasteiger partial charge in [-0.15, -0.1) is 0 Å². The molecule has 0 unspecified atom stereocenters. The molecule has 22 heteroatoms. The van der Waals surface area contributed by atoms with Crippen LogP contribution in [0.3, 0.4) is 0 Å². The molecule has 2 aliphatic heterocycles. The second-order valence-corrected chi connectivity index (χ2v) is 15.4. The highest BCUT2D eigenvalue weighted by Gasteiger charge is 2.35. The van der Waals surface area contributed by atoms with Gasteiger partial charge in [-0.1, -0.05) is 55.1 Å². The molecule has 2 heterocycles. The van der Waals surface area contributed by atoms with Gasteiger partial charge in [-0.3, -0.25) is 59.4 Å². The van der Waals surface area contributed by atoms with Gasteiger partial charge >= 0.3 is 0 Å². The number of nitro groups is 3. The van der Waals surface area contributed by atoms with Gasteiger partial charge in [-0.05, 0) is 70.1 Å². The quantitative estimate of drug-likeness (QED) is 0.111. The Bertz CT molecular complexity index is 1950. The number of likely N-dealkylation sites (tertiary alicyclic amines) is 1. The molecule has 2 saturated heterocycles. The number of piperidine rings is 1. The predicted octanol–water partition coefficient (Wildman–Crippen LogP) is 7.22. The van der Waals surface area contributed by atoms with Crippen molar-refractivity contribution in [1.29, 1.82) is 0 Å². The first-order chi connectivity index (χ1) is 29.1. The maximum absolute atomic E-state index is 14.0. The van der Waals surface area contributed by atoms with Gasteiger partial charge in [0.15, 0.2) is 0 Å². The highest BCUT2D eigenvalue weighted by Crippen LogP contribution is 2.37. The standard InChI is InChI=1S/C25H28Cl2N6O7.C14H20ClN3O3/c26-20-14-18(32(36)37)4-6-22(20)30(24(34)16-28-8-2-1-3-9-28)31(25(35)17-29-10-12-40-13-11-29)23-7-5-19(33(38)39)15-21(23)27;1-3-7-17(8-4-2)10-14(19)16-13-6-5-11(18(20)21)9-12(13)15/h4-7,14-15H,1-3,8-13,16-17H2;5-6,9H,3-4,7-8,10H2,1-2H3,(H,16,19). The van der Waals surface area contributed by atoms with Crippen molar-refractivity contribution >= 4 is 86.6 Å². The third kappa shape index (κ3) is 14.3. The van der Waals surface area contributed by atoms with Crippen molar-refractivity contribution in [2.75, 3.05) is 87.5 Å². The van der Waals surface area contributed by atoms with Crippen molar-refractivity contribution in [2.45, 2.75) is 46.0 Å². The van der Waals surface area contributed by atoms with Crippen molar-refractivity contribution in [3.8, 4) is 0 Å². The smallest absolute Gasteiger partial charge is 0.271 e. The second kappa shape index (κ2) is 23.8. The summed E-state index contributed by atoms with van der Waals surface area (Å²) in [5.41, 5.74) is -0.256. The number of nitrogens with one attached hydrogen (secondary N) is 1. The molecule has 3 aromatic carbocycles. The van der Waals surface area contributed by atoms with Crippen molar-refractivity contribution in [3.63, 3.8) is 0 Å². The van der Waals surface area contributed by atoms with Crippen LogP contribution in [0, 0.1) is 30.3 Å². The topological polar surface area (TPSA) is 218 Å². The van der Waals surface area contributed by atoms with E-state index < -0.39 is 26.6 Å². The molecule has 0 atom stereocenters. The number of benzene rings is 3. The molecule has 0 saturated carbocycles. The number of hydrogen-bond donors (Lipinski definition) is 1. The second-order valence-electron chi connectivity index (χ2n) is 14.2. The fraction of sp³-hybridized carbons (Fsp3) is 0.462. The van der Waals surface area contributed by atoms with Crippen LogP contribution in [0.5, 0.6) is 0 Å². The van der Waals surface area contributed by atoms with Crippen LogP contribution in [0.15, 0.2) is 54.6 Å². The number of hydrogen-bond acceptors (Lipinski definition) is 13. The van der Waals surface area contributed by atoms with Crippen molar-refractivity contribution in [2.24, 2.45) is 0 Å². The number of nitrogens with zero attached hydrogens (tertiary/aromatic N) is 8. The van der Waals surface area contributed by atoms with Crippen LogP contribution >= 0.6 is 34.8 Å². The average molecular weight is 909 g/mol. The molecule has 3 aromatic rings. The number of amides is 3. The molecule has 3 amide bonds. The third-order valence-corrected chi connectivity index (χ3v) is 10.5. The molecular weight excluding hydrogens is 861 g/mol. The molecule has 0 aromatic heterocycles. The van der Waals surface area contributed by atoms with Crippen LogP contribution in [-0.4, -0.2) is 119 Å². The fourth-order valence-corrected chi connectivity index (χ4v) is 7.41. The Morgan fingerprint density at radius 1 is 0.656 bits per heavy atom. The number of ether oxygens (including phenoxy) is 1. The first-order valence-electron chi connectivity index (χ1n) is 19.7. The zero-order valence-electron chi connectivity index (χ0n) is 33.8. The Kier molecular flexibility index (Phi) is 19.0. The Morgan fingerprint density at radius 2 is 1.08 bits per heavy atom. The van der Waals surface area contributed by atoms with Gasteiger partial charge in [0.2, 0.25) is 5.91 Å². The van der Waals surface area contributed by atoms with Gasteiger partial charge in [0.1, 0.15) is 0 Å². The van der Waals surface area contributed by atoms with E-state index in [1.165, 1.54) is 42.5 Å².